The quantitative estimate of drug-likeness (QED) is 0.180. The molecule has 0 spiro atoms. The van der Waals surface area contributed by atoms with Gasteiger partial charge in [0, 0.05) is 34.1 Å². The van der Waals surface area contributed by atoms with Gasteiger partial charge in [0.25, 0.3) is 0 Å². The average molecular weight is 601 g/mol. The van der Waals surface area contributed by atoms with Gasteiger partial charge in [-0.15, -0.1) is 0 Å². The molecule has 6 rings (SSSR count). The molecule has 0 amide bonds. The van der Waals surface area contributed by atoms with E-state index in [1.807, 2.05) is 0 Å². The van der Waals surface area contributed by atoms with Crippen LogP contribution in [0.25, 0.3) is 11.1 Å². The first-order valence-electron chi connectivity index (χ1n) is 16.2. The number of hydrogen-bond donors (Lipinski definition) is 0. The number of nitrogens with zero attached hydrogens (tertiary/aromatic N) is 2. The topological polar surface area (TPSA) is 6.48 Å². The van der Waals surface area contributed by atoms with E-state index in [1.165, 1.54) is 78.4 Å². The number of aryl methyl sites for hydroxylation is 8. The third-order valence-corrected chi connectivity index (χ3v) is 8.97. The third kappa shape index (κ3) is 6.21. The molecule has 230 valence electrons. The Morgan fingerprint density at radius 1 is 0.326 bits per heavy atom. The highest BCUT2D eigenvalue weighted by molar-refractivity contribution is 5.84. The second kappa shape index (κ2) is 12.7. The van der Waals surface area contributed by atoms with Crippen LogP contribution in [0.15, 0.2) is 121 Å². The van der Waals surface area contributed by atoms with Crippen molar-refractivity contribution in [3.05, 3.63) is 166 Å². The number of rotatable bonds is 7. The van der Waals surface area contributed by atoms with E-state index in [9.17, 15) is 0 Å². The van der Waals surface area contributed by atoms with Gasteiger partial charge in [0.05, 0.1) is 0 Å². The predicted octanol–water partition coefficient (Wildman–Crippen LogP) is 12.8. The average Bonchev–Trinajstić information content (AvgIpc) is 3.02. The summed E-state index contributed by atoms with van der Waals surface area (Å²) in [5, 5.41) is 0. The van der Waals surface area contributed by atoms with Crippen LogP contribution >= 0.6 is 0 Å². The Morgan fingerprint density at radius 2 is 0.913 bits per heavy atom. The van der Waals surface area contributed by atoms with Gasteiger partial charge in [-0.25, -0.2) is 0 Å². The maximum Gasteiger partial charge on any atom is 0.0493 e. The molecule has 0 unspecified atom stereocenters. The maximum atomic E-state index is 2.40. The Morgan fingerprint density at radius 3 is 1.59 bits per heavy atom. The number of hydrogen-bond acceptors (Lipinski definition) is 2. The molecular formula is C44H44N2. The van der Waals surface area contributed by atoms with E-state index in [1.54, 1.807) is 0 Å². The van der Waals surface area contributed by atoms with E-state index in [2.05, 4.69) is 187 Å². The molecule has 0 heterocycles. The predicted molar refractivity (Wildman–Crippen MR) is 199 cm³/mol. The normalized spacial score (nSPS) is 11.0. The Kier molecular flexibility index (Phi) is 8.56. The summed E-state index contributed by atoms with van der Waals surface area (Å²) in [6.07, 6.45) is 0. The number of benzene rings is 6. The van der Waals surface area contributed by atoms with Crippen molar-refractivity contribution in [1.29, 1.82) is 0 Å². The Bertz CT molecular complexity index is 2030. The summed E-state index contributed by atoms with van der Waals surface area (Å²) in [4.78, 5) is 4.79. The van der Waals surface area contributed by atoms with Gasteiger partial charge in [-0.3, -0.25) is 0 Å². The van der Waals surface area contributed by atoms with Crippen molar-refractivity contribution in [3.63, 3.8) is 0 Å². The monoisotopic (exact) mass is 600 g/mol. The lowest BCUT2D eigenvalue weighted by Crippen LogP contribution is -2.13. The van der Waals surface area contributed by atoms with Gasteiger partial charge < -0.3 is 9.80 Å². The Balaban J connectivity index is 1.42. The van der Waals surface area contributed by atoms with Crippen LogP contribution < -0.4 is 9.80 Å². The molecule has 0 saturated carbocycles. The van der Waals surface area contributed by atoms with Crippen molar-refractivity contribution < 1.29 is 0 Å². The fourth-order valence-corrected chi connectivity index (χ4v) is 6.50. The second-order valence-electron chi connectivity index (χ2n) is 12.9. The zero-order valence-corrected chi connectivity index (χ0v) is 28.4. The van der Waals surface area contributed by atoms with Crippen molar-refractivity contribution >= 4 is 34.1 Å². The van der Waals surface area contributed by atoms with Crippen molar-refractivity contribution in [2.45, 2.75) is 55.4 Å². The molecular weight excluding hydrogens is 556 g/mol. The molecule has 6 aromatic carbocycles. The van der Waals surface area contributed by atoms with Crippen molar-refractivity contribution in [2.75, 3.05) is 9.80 Å². The van der Waals surface area contributed by atoms with Gasteiger partial charge in [0.1, 0.15) is 0 Å². The van der Waals surface area contributed by atoms with Crippen LogP contribution in [0.4, 0.5) is 34.1 Å². The molecule has 0 radical (unpaired) electrons. The SMILES string of the molecule is Cc1ccc(N(c2ccc(-c3ccc(N(c4cccc(C)c4)c4ccc(C)cc4C)c(C)c3)c(C)c2)c2cc(C)ccc2C)cc1. The Labute approximate surface area is 275 Å². The summed E-state index contributed by atoms with van der Waals surface area (Å²) >= 11 is 0. The summed E-state index contributed by atoms with van der Waals surface area (Å²) in [6.45, 7) is 17.5. The van der Waals surface area contributed by atoms with Gasteiger partial charge in [-0.2, -0.15) is 0 Å². The summed E-state index contributed by atoms with van der Waals surface area (Å²) in [5.74, 6) is 0. The molecule has 0 fully saturated rings. The van der Waals surface area contributed by atoms with E-state index >= 15 is 0 Å². The van der Waals surface area contributed by atoms with E-state index in [0.717, 1.165) is 11.4 Å². The van der Waals surface area contributed by atoms with Gasteiger partial charge >= 0.3 is 0 Å². The van der Waals surface area contributed by atoms with Crippen LogP contribution in [-0.4, -0.2) is 0 Å². The lowest BCUT2D eigenvalue weighted by atomic mass is 9.96. The minimum Gasteiger partial charge on any atom is -0.310 e. The van der Waals surface area contributed by atoms with Crippen LogP contribution in [-0.2, 0) is 0 Å². The highest BCUT2D eigenvalue weighted by Gasteiger charge is 2.19. The summed E-state index contributed by atoms with van der Waals surface area (Å²) in [6, 6.07) is 44.8. The van der Waals surface area contributed by atoms with E-state index in [4.69, 9.17) is 0 Å². The van der Waals surface area contributed by atoms with E-state index in [-0.39, 0.29) is 0 Å². The zero-order valence-electron chi connectivity index (χ0n) is 28.4. The molecule has 0 N–H and O–H groups in total. The smallest absolute Gasteiger partial charge is 0.0493 e. The van der Waals surface area contributed by atoms with Crippen molar-refractivity contribution in [3.8, 4) is 11.1 Å². The third-order valence-electron chi connectivity index (χ3n) is 8.97. The first-order chi connectivity index (χ1) is 22.1. The number of anilines is 6. The first kappa shape index (κ1) is 30.9. The lowest BCUT2D eigenvalue weighted by molar-refractivity contribution is 1.21. The summed E-state index contributed by atoms with van der Waals surface area (Å²) < 4.78 is 0. The summed E-state index contributed by atoms with van der Waals surface area (Å²) in [5.41, 5.74) is 19.6. The van der Waals surface area contributed by atoms with E-state index < -0.39 is 0 Å². The molecule has 0 atom stereocenters. The minimum atomic E-state index is 1.16. The van der Waals surface area contributed by atoms with Crippen LogP contribution in [0.1, 0.15) is 44.5 Å². The van der Waals surface area contributed by atoms with Gasteiger partial charge in [-0.1, -0.05) is 71.8 Å². The molecule has 2 nitrogen and oxygen atoms in total. The largest absolute Gasteiger partial charge is 0.310 e. The van der Waals surface area contributed by atoms with Crippen LogP contribution in [0.2, 0.25) is 0 Å². The van der Waals surface area contributed by atoms with Gasteiger partial charge in [-0.05, 0) is 161 Å². The van der Waals surface area contributed by atoms with Gasteiger partial charge in [0.2, 0.25) is 0 Å². The molecule has 2 heteroatoms. The van der Waals surface area contributed by atoms with E-state index in [0.29, 0.717) is 0 Å². The molecule has 0 aliphatic rings. The molecule has 0 bridgehead atoms. The fraction of sp³-hybridized carbons (Fsp3) is 0.182. The first-order valence-corrected chi connectivity index (χ1v) is 16.2. The minimum absolute atomic E-state index is 1.16. The zero-order chi connectivity index (χ0) is 32.5. The van der Waals surface area contributed by atoms with Gasteiger partial charge in [0.15, 0.2) is 0 Å². The molecule has 46 heavy (non-hydrogen) atoms. The van der Waals surface area contributed by atoms with Crippen LogP contribution in [0.5, 0.6) is 0 Å². The van der Waals surface area contributed by atoms with Crippen LogP contribution in [0.3, 0.4) is 0 Å². The second-order valence-corrected chi connectivity index (χ2v) is 12.9. The molecule has 0 aliphatic carbocycles. The Hall–Kier alpha value is -5.08. The van der Waals surface area contributed by atoms with Crippen molar-refractivity contribution in [1.82, 2.24) is 0 Å². The van der Waals surface area contributed by atoms with Crippen molar-refractivity contribution in [2.24, 2.45) is 0 Å². The molecule has 0 aliphatic heterocycles. The molecule has 6 aromatic rings. The molecule has 0 saturated heterocycles. The summed E-state index contributed by atoms with van der Waals surface area (Å²) in [7, 11) is 0. The fourth-order valence-electron chi connectivity index (χ4n) is 6.50. The highest BCUT2D eigenvalue weighted by atomic mass is 15.2. The lowest BCUT2D eigenvalue weighted by Gasteiger charge is -2.29. The highest BCUT2D eigenvalue weighted by Crippen LogP contribution is 2.42. The standard InChI is InChI=1S/C44H44N2/c1-29-13-18-38(19-14-29)45(44-26-32(4)12-16-33(44)5)40-20-21-41(34(6)28-40)37-17-23-43(36(8)27-37)46(39-11-9-10-30(2)25-39)42-22-15-31(3)24-35(42)7/h9-28H,1-8H3. The molecule has 0 aromatic heterocycles. The van der Waals surface area contributed by atoms with Crippen LogP contribution in [0, 0.1) is 55.4 Å². The maximum absolute atomic E-state index is 2.40.